The summed E-state index contributed by atoms with van der Waals surface area (Å²) in [5, 5.41) is 2.89. The number of benzene rings is 2. The summed E-state index contributed by atoms with van der Waals surface area (Å²) in [5.41, 5.74) is 2.65. The van der Waals surface area contributed by atoms with Gasteiger partial charge in [-0.2, -0.15) is 0 Å². The van der Waals surface area contributed by atoms with Crippen molar-refractivity contribution >= 4 is 17.6 Å². The Morgan fingerprint density at radius 3 is 2.31 bits per heavy atom. The summed E-state index contributed by atoms with van der Waals surface area (Å²) in [7, 11) is 3.11. The molecular weight excluding hydrogens is 444 g/mol. The van der Waals surface area contributed by atoms with Crippen molar-refractivity contribution in [3.05, 3.63) is 78.1 Å². The third-order valence-electron chi connectivity index (χ3n) is 6.27. The summed E-state index contributed by atoms with van der Waals surface area (Å²) in [6.07, 6.45) is 2.05. The van der Waals surface area contributed by atoms with E-state index >= 15 is 0 Å². The van der Waals surface area contributed by atoms with E-state index in [0.717, 1.165) is 17.8 Å². The van der Waals surface area contributed by atoms with Crippen LogP contribution in [0.4, 0.5) is 10.5 Å². The number of hydrogen-bond donors (Lipinski definition) is 1. The fourth-order valence-corrected chi connectivity index (χ4v) is 4.44. The van der Waals surface area contributed by atoms with Crippen LogP contribution in [-0.2, 0) is 11.3 Å². The Bertz CT molecular complexity index is 1150. The molecule has 0 fully saturated rings. The fraction of sp³-hybridized carbons (Fsp3) is 0.333. The number of aromatic nitrogens is 1. The molecule has 1 N–H and O–H groups in total. The third-order valence-corrected chi connectivity index (χ3v) is 6.27. The lowest BCUT2D eigenvalue weighted by Gasteiger charge is -2.39. The number of methoxy groups -OCH3 is 2. The molecule has 0 radical (unpaired) electrons. The third kappa shape index (κ3) is 5.26. The zero-order chi connectivity index (χ0) is 24.9. The number of amides is 3. The molecule has 8 heteroatoms. The molecule has 0 bridgehead atoms. The summed E-state index contributed by atoms with van der Waals surface area (Å²) in [6, 6.07) is 18.5. The maximum atomic E-state index is 13.6. The number of carbonyl (C=O) groups excluding carboxylic acids is 2. The first-order valence-electron chi connectivity index (χ1n) is 11.7. The Balaban J connectivity index is 1.55. The summed E-state index contributed by atoms with van der Waals surface area (Å²) < 4.78 is 12.8. The quantitative estimate of drug-likeness (QED) is 0.549. The van der Waals surface area contributed by atoms with Crippen LogP contribution in [0.2, 0.25) is 0 Å². The first kappa shape index (κ1) is 24.2. The van der Waals surface area contributed by atoms with E-state index in [1.807, 2.05) is 61.3 Å². The molecular formula is C27H32N4O4. The lowest BCUT2D eigenvalue weighted by molar-refractivity contribution is -0.134. The van der Waals surface area contributed by atoms with Gasteiger partial charge in [-0.3, -0.25) is 4.79 Å². The van der Waals surface area contributed by atoms with Crippen molar-refractivity contribution in [2.24, 2.45) is 0 Å². The van der Waals surface area contributed by atoms with Crippen LogP contribution in [0.15, 0.2) is 66.9 Å². The minimum atomic E-state index is -0.361. The predicted octanol–water partition coefficient (Wildman–Crippen LogP) is 4.38. The van der Waals surface area contributed by atoms with Crippen LogP contribution in [-0.4, -0.2) is 59.7 Å². The van der Waals surface area contributed by atoms with Gasteiger partial charge in [0.15, 0.2) is 0 Å². The number of fused-ring (bicyclic) bond motifs is 1. The number of ether oxygens (including phenoxy) is 2. The lowest BCUT2D eigenvalue weighted by Crippen LogP contribution is -2.50. The van der Waals surface area contributed by atoms with Gasteiger partial charge in [0.1, 0.15) is 18.0 Å². The smallest absolute Gasteiger partial charge is 0.322 e. The minimum Gasteiger partial charge on any atom is -0.497 e. The zero-order valence-corrected chi connectivity index (χ0v) is 20.6. The van der Waals surface area contributed by atoms with E-state index in [9.17, 15) is 9.59 Å². The molecule has 0 aliphatic carbocycles. The van der Waals surface area contributed by atoms with Gasteiger partial charge in [0.2, 0.25) is 5.91 Å². The predicted molar refractivity (Wildman–Crippen MR) is 135 cm³/mol. The van der Waals surface area contributed by atoms with E-state index in [1.165, 1.54) is 0 Å². The number of urea groups is 1. The highest BCUT2D eigenvalue weighted by Gasteiger charge is 2.33. The summed E-state index contributed by atoms with van der Waals surface area (Å²) in [5.74, 6) is 1.03. The Morgan fingerprint density at radius 1 is 1.00 bits per heavy atom. The molecule has 0 saturated carbocycles. The van der Waals surface area contributed by atoms with E-state index < -0.39 is 0 Å². The maximum Gasteiger partial charge on any atom is 0.322 e. The SMILES string of the molecule is COc1cc(NC(=O)N(CC(=O)N2CCn3cccc3C2c2ccccc2)C(C)C)cc(OC)c1. The molecule has 1 aliphatic rings. The highest BCUT2D eigenvalue weighted by atomic mass is 16.5. The van der Waals surface area contributed by atoms with E-state index in [1.54, 1.807) is 37.3 Å². The second-order valence-electron chi connectivity index (χ2n) is 8.78. The number of anilines is 1. The summed E-state index contributed by atoms with van der Waals surface area (Å²) >= 11 is 0. The lowest BCUT2D eigenvalue weighted by atomic mass is 10.00. The molecule has 1 atom stereocenters. The standard InChI is InChI=1S/C27H32N4O4/c1-19(2)31(27(33)28-21-15-22(34-3)17-23(16-21)35-4)18-25(32)30-14-13-29-12-8-11-24(29)26(30)20-9-6-5-7-10-20/h5-12,15-17,19,26H,13-14,18H2,1-4H3,(H,28,33). The summed E-state index contributed by atoms with van der Waals surface area (Å²) in [6.45, 7) is 5.05. The summed E-state index contributed by atoms with van der Waals surface area (Å²) in [4.78, 5) is 30.3. The minimum absolute atomic E-state index is 0.0331. The zero-order valence-electron chi connectivity index (χ0n) is 20.6. The molecule has 1 unspecified atom stereocenters. The van der Waals surface area contributed by atoms with Gasteiger partial charge in [-0.05, 0) is 31.5 Å². The van der Waals surface area contributed by atoms with E-state index in [-0.39, 0.29) is 30.6 Å². The normalized spacial score (nSPS) is 14.9. The highest BCUT2D eigenvalue weighted by Crippen LogP contribution is 2.32. The van der Waals surface area contributed by atoms with Gasteiger partial charge >= 0.3 is 6.03 Å². The average Bonchev–Trinajstić information content (AvgIpc) is 3.35. The molecule has 3 amide bonds. The van der Waals surface area contributed by atoms with Crippen molar-refractivity contribution in [3.8, 4) is 11.5 Å². The Labute approximate surface area is 206 Å². The molecule has 35 heavy (non-hydrogen) atoms. The van der Waals surface area contributed by atoms with Gasteiger partial charge < -0.3 is 29.2 Å². The molecule has 1 aliphatic heterocycles. The van der Waals surface area contributed by atoms with E-state index in [0.29, 0.717) is 23.7 Å². The van der Waals surface area contributed by atoms with Crippen LogP contribution in [0.5, 0.6) is 11.5 Å². The first-order chi connectivity index (χ1) is 16.9. The van der Waals surface area contributed by atoms with Gasteiger partial charge in [-0.1, -0.05) is 30.3 Å². The van der Waals surface area contributed by atoms with Crippen LogP contribution < -0.4 is 14.8 Å². The fourth-order valence-electron chi connectivity index (χ4n) is 4.44. The molecule has 2 heterocycles. The van der Waals surface area contributed by atoms with Gasteiger partial charge in [0.05, 0.1) is 20.3 Å². The van der Waals surface area contributed by atoms with Crippen molar-refractivity contribution in [1.82, 2.24) is 14.4 Å². The number of nitrogens with zero attached hydrogens (tertiary/aromatic N) is 3. The van der Waals surface area contributed by atoms with Crippen LogP contribution in [0, 0.1) is 0 Å². The number of hydrogen-bond acceptors (Lipinski definition) is 4. The van der Waals surface area contributed by atoms with E-state index in [2.05, 4.69) is 16.0 Å². The largest absolute Gasteiger partial charge is 0.497 e. The van der Waals surface area contributed by atoms with Crippen molar-refractivity contribution in [2.45, 2.75) is 32.5 Å². The van der Waals surface area contributed by atoms with Gasteiger partial charge in [0.25, 0.3) is 0 Å². The highest BCUT2D eigenvalue weighted by molar-refractivity contribution is 5.93. The molecule has 0 spiro atoms. The van der Waals surface area contributed by atoms with Crippen LogP contribution in [0.25, 0.3) is 0 Å². The van der Waals surface area contributed by atoms with Crippen LogP contribution in [0.1, 0.15) is 31.1 Å². The van der Waals surface area contributed by atoms with Crippen LogP contribution in [0.3, 0.4) is 0 Å². The van der Waals surface area contributed by atoms with E-state index in [4.69, 9.17) is 9.47 Å². The molecule has 184 valence electrons. The second-order valence-corrected chi connectivity index (χ2v) is 8.78. The van der Waals surface area contributed by atoms with Crippen molar-refractivity contribution in [2.75, 3.05) is 32.6 Å². The Kier molecular flexibility index (Phi) is 7.29. The molecule has 3 aromatic rings. The topological polar surface area (TPSA) is 76.0 Å². The Hall–Kier alpha value is -3.94. The molecule has 4 rings (SSSR count). The molecule has 1 aromatic heterocycles. The van der Waals surface area contributed by atoms with Crippen molar-refractivity contribution in [1.29, 1.82) is 0 Å². The average molecular weight is 477 g/mol. The van der Waals surface area contributed by atoms with Gasteiger partial charge in [-0.25, -0.2) is 4.79 Å². The van der Waals surface area contributed by atoms with Crippen LogP contribution >= 0.6 is 0 Å². The second kappa shape index (κ2) is 10.5. The van der Waals surface area contributed by atoms with Gasteiger partial charge in [-0.15, -0.1) is 0 Å². The number of nitrogens with one attached hydrogen (secondary N) is 1. The molecule has 0 saturated heterocycles. The Morgan fingerprint density at radius 2 is 1.69 bits per heavy atom. The van der Waals surface area contributed by atoms with Gasteiger partial charge in [0, 0.05) is 54.9 Å². The maximum absolute atomic E-state index is 13.6. The van der Waals surface area contributed by atoms with Crippen molar-refractivity contribution < 1.29 is 19.1 Å². The first-order valence-corrected chi connectivity index (χ1v) is 11.7. The molecule has 2 aromatic carbocycles. The number of carbonyl (C=O) groups is 2. The van der Waals surface area contributed by atoms with Crippen molar-refractivity contribution in [3.63, 3.8) is 0 Å². The number of rotatable bonds is 7. The monoisotopic (exact) mass is 476 g/mol. The molecule has 8 nitrogen and oxygen atoms in total.